The van der Waals surface area contributed by atoms with Crippen LogP contribution in [-0.2, 0) is 4.79 Å². The van der Waals surface area contributed by atoms with Gasteiger partial charge in [-0.25, -0.2) is 4.39 Å². The Bertz CT molecular complexity index is 510. The smallest absolute Gasteiger partial charge is 0.234 e. The fraction of sp³-hybridized carbons (Fsp3) is 0.154. The van der Waals surface area contributed by atoms with Crippen LogP contribution in [0.1, 0.15) is 16.5 Å². The third kappa shape index (κ3) is 2.94. The van der Waals surface area contributed by atoms with Crippen LogP contribution in [0.5, 0.6) is 0 Å². The second kappa shape index (κ2) is 5.75. The lowest BCUT2D eigenvalue weighted by Gasteiger charge is -2.17. The SMILES string of the molecule is NCC(=O)NC(c1ccc(F)cc1)c1cccs1. The van der Waals surface area contributed by atoms with Gasteiger partial charge in [0.15, 0.2) is 0 Å². The summed E-state index contributed by atoms with van der Waals surface area (Å²) in [5.74, 6) is -0.536. The summed E-state index contributed by atoms with van der Waals surface area (Å²) in [5.41, 5.74) is 6.14. The van der Waals surface area contributed by atoms with Crippen LogP contribution in [-0.4, -0.2) is 12.5 Å². The Balaban J connectivity index is 2.30. The van der Waals surface area contributed by atoms with Crippen LogP contribution < -0.4 is 11.1 Å². The Kier molecular flexibility index (Phi) is 4.07. The molecule has 0 radical (unpaired) electrons. The molecule has 1 unspecified atom stereocenters. The number of nitrogens with one attached hydrogen (secondary N) is 1. The van der Waals surface area contributed by atoms with E-state index in [1.165, 1.54) is 23.5 Å². The lowest BCUT2D eigenvalue weighted by molar-refractivity contribution is -0.120. The molecule has 0 aliphatic carbocycles. The van der Waals surface area contributed by atoms with Crippen molar-refractivity contribution in [1.82, 2.24) is 5.32 Å². The number of hydrogen-bond donors (Lipinski definition) is 2. The number of thiophene rings is 1. The zero-order valence-corrected chi connectivity index (χ0v) is 10.4. The molecule has 0 aliphatic rings. The highest BCUT2D eigenvalue weighted by Gasteiger charge is 2.17. The molecule has 0 fully saturated rings. The quantitative estimate of drug-likeness (QED) is 0.888. The van der Waals surface area contributed by atoms with E-state index in [2.05, 4.69) is 5.32 Å². The zero-order valence-electron chi connectivity index (χ0n) is 9.60. The van der Waals surface area contributed by atoms with Gasteiger partial charge >= 0.3 is 0 Å². The Morgan fingerprint density at radius 2 is 2.06 bits per heavy atom. The fourth-order valence-electron chi connectivity index (χ4n) is 1.65. The number of benzene rings is 1. The minimum Gasteiger partial charge on any atom is -0.343 e. The van der Waals surface area contributed by atoms with Crippen LogP contribution in [0.2, 0.25) is 0 Å². The molecule has 0 bridgehead atoms. The van der Waals surface area contributed by atoms with Gasteiger partial charge in [0.05, 0.1) is 12.6 Å². The molecule has 0 saturated heterocycles. The molecule has 18 heavy (non-hydrogen) atoms. The van der Waals surface area contributed by atoms with Gasteiger partial charge in [-0.3, -0.25) is 4.79 Å². The average Bonchev–Trinajstić information content (AvgIpc) is 2.90. The Morgan fingerprint density at radius 3 is 2.61 bits per heavy atom. The van der Waals surface area contributed by atoms with Crippen molar-refractivity contribution in [3.63, 3.8) is 0 Å². The van der Waals surface area contributed by atoms with Crippen LogP contribution >= 0.6 is 11.3 Å². The van der Waals surface area contributed by atoms with E-state index in [1.807, 2.05) is 17.5 Å². The molecule has 1 amide bonds. The summed E-state index contributed by atoms with van der Waals surface area (Å²) in [4.78, 5) is 12.4. The van der Waals surface area contributed by atoms with Crippen LogP contribution in [0.15, 0.2) is 41.8 Å². The van der Waals surface area contributed by atoms with Gasteiger partial charge in [-0.05, 0) is 29.1 Å². The number of amides is 1. The fourth-order valence-corrected chi connectivity index (χ4v) is 2.45. The van der Waals surface area contributed by atoms with E-state index in [4.69, 9.17) is 5.73 Å². The van der Waals surface area contributed by atoms with E-state index in [-0.39, 0.29) is 24.3 Å². The van der Waals surface area contributed by atoms with Gasteiger partial charge in [0.1, 0.15) is 5.82 Å². The highest BCUT2D eigenvalue weighted by molar-refractivity contribution is 7.10. The normalized spacial score (nSPS) is 12.1. The van der Waals surface area contributed by atoms with Gasteiger partial charge in [-0.15, -0.1) is 11.3 Å². The van der Waals surface area contributed by atoms with E-state index in [0.29, 0.717) is 0 Å². The van der Waals surface area contributed by atoms with Crippen molar-refractivity contribution in [1.29, 1.82) is 0 Å². The second-order valence-corrected chi connectivity index (χ2v) is 4.75. The minimum absolute atomic E-state index is 0.0664. The monoisotopic (exact) mass is 264 g/mol. The minimum atomic E-state index is -0.297. The maximum absolute atomic E-state index is 12.9. The van der Waals surface area contributed by atoms with E-state index in [0.717, 1.165) is 10.4 Å². The molecule has 1 atom stereocenters. The molecule has 0 spiro atoms. The summed E-state index contributed by atoms with van der Waals surface area (Å²) in [5, 5.41) is 4.76. The standard InChI is InChI=1S/C13H13FN2OS/c14-10-5-3-9(4-6-10)13(16-12(17)8-15)11-2-1-7-18-11/h1-7,13H,8,15H2,(H,16,17). The van der Waals surface area contributed by atoms with E-state index < -0.39 is 0 Å². The summed E-state index contributed by atoms with van der Waals surface area (Å²) in [7, 11) is 0. The topological polar surface area (TPSA) is 55.1 Å². The molecule has 3 N–H and O–H groups in total. The molecule has 0 aliphatic heterocycles. The Hall–Kier alpha value is -1.72. The average molecular weight is 264 g/mol. The molecule has 1 heterocycles. The van der Waals surface area contributed by atoms with Gasteiger partial charge < -0.3 is 11.1 Å². The Morgan fingerprint density at radius 1 is 1.33 bits per heavy atom. The largest absolute Gasteiger partial charge is 0.343 e. The van der Waals surface area contributed by atoms with Crippen molar-refractivity contribution < 1.29 is 9.18 Å². The Labute approximate surface area is 108 Å². The van der Waals surface area contributed by atoms with E-state index in [9.17, 15) is 9.18 Å². The lowest BCUT2D eigenvalue weighted by atomic mass is 10.1. The molecule has 0 saturated carbocycles. The zero-order chi connectivity index (χ0) is 13.0. The molecule has 1 aromatic carbocycles. The van der Waals surface area contributed by atoms with Crippen LogP contribution in [0, 0.1) is 5.82 Å². The van der Waals surface area contributed by atoms with E-state index >= 15 is 0 Å². The van der Waals surface area contributed by atoms with Gasteiger partial charge in [0.2, 0.25) is 5.91 Å². The van der Waals surface area contributed by atoms with Crippen LogP contribution in [0.25, 0.3) is 0 Å². The first-order chi connectivity index (χ1) is 8.70. The van der Waals surface area contributed by atoms with Crippen LogP contribution in [0.4, 0.5) is 4.39 Å². The van der Waals surface area contributed by atoms with Crippen molar-refractivity contribution >= 4 is 17.2 Å². The molecular formula is C13H13FN2OS. The first-order valence-electron chi connectivity index (χ1n) is 5.49. The van der Waals surface area contributed by atoms with E-state index in [1.54, 1.807) is 12.1 Å². The van der Waals surface area contributed by atoms with Crippen molar-refractivity contribution in [2.45, 2.75) is 6.04 Å². The van der Waals surface area contributed by atoms with Gasteiger partial charge in [-0.1, -0.05) is 18.2 Å². The molecule has 1 aromatic heterocycles. The third-order valence-corrected chi connectivity index (χ3v) is 3.46. The number of halogens is 1. The maximum atomic E-state index is 12.9. The summed E-state index contributed by atoms with van der Waals surface area (Å²) in [6, 6.07) is 9.64. The second-order valence-electron chi connectivity index (χ2n) is 3.77. The molecular weight excluding hydrogens is 251 g/mol. The van der Waals surface area contributed by atoms with Crippen molar-refractivity contribution in [3.8, 4) is 0 Å². The number of rotatable bonds is 4. The predicted octanol–water partition coefficient (Wildman–Crippen LogP) is 2.05. The highest BCUT2D eigenvalue weighted by Crippen LogP contribution is 2.26. The number of carbonyl (C=O) groups excluding carboxylic acids is 1. The molecule has 3 nitrogen and oxygen atoms in total. The first-order valence-corrected chi connectivity index (χ1v) is 6.37. The molecule has 94 valence electrons. The van der Waals surface area contributed by atoms with Gasteiger partial charge in [0, 0.05) is 4.88 Å². The first kappa shape index (κ1) is 12.7. The van der Waals surface area contributed by atoms with Crippen LogP contribution in [0.3, 0.4) is 0 Å². The summed E-state index contributed by atoms with van der Waals surface area (Å²) < 4.78 is 12.9. The van der Waals surface area contributed by atoms with Gasteiger partial charge in [-0.2, -0.15) is 0 Å². The van der Waals surface area contributed by atoms with Crippen molar-refractivity contribution in [2.75, 3.05) is 6.54 Å². The summed E-state index contributed by atoms with van der Waals surface area (Å²) in [6.45, 7) is -0.0664. The lowest BCUT2D eigenvalue weighted by Crippen LogP contribution is -2.33. The predicted molar refractivity (Wildman–Crippen MR) is 69.8 cm³/mol. The third-order valence-electron chi connectivity index (χ3n) is 2.52. The summed E-state index contributed by atoms with van der Waals surface area (Å²) >= 11 is 1.53. The number of carbonyl (C=O) groups is 1. The van der Waals surface area contributed by atoms with Crippen molar-refractivity contribution in [3.05, 3.63) is 58.0 Å². The summed E-state index contributed by atoms with van der Waals surface area (Å²) in [6.07, 6.45) is 0. The maximum Gasteiger partial charge on any atom is 0.234 e. The molecule has 2 rings (SSSR count). The number of hydrogen-bond acceptors (Lipinski definition) is 3. The molecule has 2 aromatic rings. The van der Waals surface area contributed by atoms with Gasteiger partial charge in [0.25, 0.3) is 0 Å². The molecule has 5 heteroatoms. The number of nitrogens with two attached hydrogens (primary N) is 1. The van der Waals surface area contributed by atoms with Crippen molar-refractivity contribution in [2.24, 2.45) is 5.73 Å². The highest BCUT2D eigenvalue weighted by atomic mass is 32.1.